The van der Waals surface area contributed by atoms with Gasteiger partial charge in [-0.25, -0.2) is 5.84 Å². The largest absolute Gasteiger partial charge is 0.383 e. The van der Waals surface area contributed by atoms with Crippen LogP contribution in [-0.4, -0.2) is 32.3 Å². The maximum absolute atomic E-state index is 5.38. The van der Waals surface area contributed by atoms with E-state index in [1.54, 1.807) is 7.11 Å². The number of guanidine groups is 1. The van der Waals surface area contributed by atoms with Gasteiger partial charge in [0.25, 0.3) is 0 Å². The predicted molar refractivity (Wildman–Crippen MR) is 61.4 cm³/mol. The zero-order chi connectivity index (χ0) is 11.3. The Kier molecular flexibility index (Phi) is 4.35. The molecule has 0 aromatic carbocycles. The van der Waals surface area contributed by atoms with Gasteiger partial charge in [0.15, 0.2) is 0 Å². The van der Waals surface area contributed by atoms with Gasteiger partial charge in [-0.3, -0.25) is 10.4 Å². The van der Waals surface area contributed by atoms with Gasteiger partial charge in [-0.1, -0.05) is 6.92 Å². The minimum Gasteiger partial charge on any atom is -0.383 e. The molecule has 1 aliphatic carbocycles. The molecule has 0 aromatic rings. The second-order valence-corrected chi connectivity index (χ2v) is 4.62. The lowest BCUT2D eigenvalue weighted by atomic mass is 10.1. The van der Waals surface area contributed by atoms with E-state index < -0.39 is 0 Å². The van der Waals surface area contributed by atoms with Gasteiger partial charge in [-0.2, -0.15) is 0 Å². The molecule has 5 nitrogen and oxygen atoms in total. The zero-order valence-electron chi connectivity index (χ0n) is 9.84. The van der Waals surface area contributed by atoms with Gasteiger partial charge in [0.2, 0.25) is 5.96 Å². The first-order valence-corrected chi connectivity index (χ1v) is 5.36. The quantitative estimate of drug-likeness (QED) is 0.265. The van der Waals surface area contributed by atoms with Crippen LogP contribution in [-0.2, 0) is 4.74 Å². The highest BCUT2D eigenvalue weighted by Crippen LogP contribution is 2.44. The molecule has 0 heterocycles. The summed E-state index contributed by atoms with van der Waals surface area (Å²) in [6.07, 6.45) is 2.53. The summed E-state index contributed by atoms with van der Waals surface area (Å²) in [6, 6.07) is 0.205. The number of rotatable bonds is 5. The van der Waals surface area contributed by atoms with Gasteiger partial charge in [-0.15, -0.1) is 0 Å². The number of hydrogen-bond acceptors (Lipinski definition) is 3. The number of nitrogens with one attached hydrogen (secondary N) is 2. The molecule has 0 aliphatic heterocycles. The maximum Gasteiger partial charge on any atom is 0.206 e. The lowest BCUT2D eigenvalue weighted by Crippen LogP contribution is -2.47. The van der Waals surface area contributed by atoms with Crippen LogP contribution in [0.15, 0.2) is 4.99 Å². The summed E-state index contributed by atoms with van der Waals surface area (Å²) >= 11 is 0. The number of hydrogen-bond donors (Lipinski definition) is 3. The maximum atomic E-state index is 5.38. The van der Waals surface area contributed by atoms with E-state index in [9.17, 15) is 0 Å². The van der Waals surface area contributed by atoms with Gasteiger partial charge >= 0.3 is 0 Å². The number of nitrogens with two attached hydrogens (primary N) is 1. The molecule has 4 N–H and O–H groups in total. The van der Waals surface area contributed by atoms with Crippen molar-refractivity contribution in [1.29, 1.82) is 0 Å². The van der Waals surface area contributed by atoms with Crippen molar-refractivity contribution in [2.24, 2.45) is 16.3 Å². The fourth-order valence-electron chi connectivity index (χ4n) is 1.30. The fraction of sp³-hybridized carbons (Fsp3) is 0.900. The molecule has 0 saturated heterocycles. The number of methoxy groups -OCH3 is 1. The Balaban J connectivity index is 2.33. The molecule has 5 heteroatoms. The standard InChI is InChI=1S/C10H22N4O/c1-8(6-15-3)13-9(14-11)12-7-10(2)4-5-10/h8H,4-7,11H2,1-3H3,(H2,12,13,14). The summed E-state index contributed by atoms with van der Waals surface area (Å²) in [5.41, 5.74) is 2.99. The van der Waals surface area contributed by atoms with E-state index in [1.807, 2.05) is 6.92 Å². The van der Waals surface area contributed by atoms with Gasteiger partial charge in [0, 0.05) is 19.7 Å². The van der Waals surface area contributed by atoms with Gasteiger partial charge < -0.3 is 10.1 Å². The van der Waals surface area contributed by atoms with Crippen LogP contribution in [0, 0.1) is 5.41 Å². The van der Waals surface area contributed by atoms with Crippen molar-refractivity contribution in [3.63, 3.8) is 0 Å². The summed E-state index contributed by atoms with van der Waals surface area (Å²) in [5.74, 6) is 6.03. The number of aliphatic imine (C=N–C) groups is 1. The highest BCUT2D eigenvalue weighted by molar-refractivity contribution is 5.79. The van der Waals surface area contributed by atoms with Gasteiger partial charge in [0.05, 0.1) is 6.61 Å². The number of nitrogens with zero attached hydrogens (tertiary/aromatic N) is 1. The second-order valence-electron chi connectivity index (χ2n) is 4.62. The Morgan fingerprint density at radius 2 is 2.27 bits per heavy atom. The third kappa shape index (κ3) is 4.48. The minimum atomic E-state index is 0.205. The van der Waals surface area contributed by atoms with E-state index in [-0.39, 0.29) is 6.04 Å². The first kappa shape index (κ1) is 12.3. The molecule has 0 radical (unpaired) electrons. The van der Waals surface area contributed by atoms with Crippen molar-refractivity contribution in [2.45, 2.75) is 32.7 Å². The molecule has 88 valence electrons. The summed E-state index contributed by atoms with van der Waals surface area (Å²) in [5, 5.41) is 3.16. The molecule has 15 heavy (non-hydrogen) atoms. The van der Waals surface area contributed by atoms with Crippen molar-refractivity contribution in [3.8, 4) is 0 Å². The van der Waals surface area contributed by atoms with Crippen LogP contribution in [0.25, 0.3) is 0 Å². The Hall–Kier alpha value is -0.810. The normalized spacial score (nSPS) is 20.9. The Bertz CT molecular complexity index is 225. The molecule has 1 saturated carbocycles. The summed E-state index contributed by atoms with van der Waals surface area (Å²) in [4.78, 5) is 4.41. The lowest BCUT2D eigenvalue weighted by Gasteiger charge is -2.16. The van der Waals surface area contributed by atoms with Crippen LogP contribution in [0.2, 0.25) is 0 Å². The van der Waals surface area contributed by atoms with Crippen LogP contribution in [0.5, 0.6) is 0 Å². The van der Waals surface area contributed by atoms with E-state index in [1.165, 1.54) is 12.8 Å². The Labute approximate surface area is 91.4 Å². The number of hydrazine groups is 1. The molecule has 1 rings (SSSR count). The highest BCUT2D eigenvalue weighted by atomic mass is 16.5. The van der Waals surface area contributed by atoms with Crippen LogP contribution in [0.4, 0.5) is 0 Å². The molecule has 1 fully saturated rings. The molecule has 1 atom stereocenters. The van der Waals surface area contributed by atoms with Gasteiger partial charge in [0.1, 0.15) is 0 Å². The molecule has 0 aromatic heterocycles. The van der Waals surface area contributed by atoms with Crippen LogP contribution in [0.3, 0.4) is 0 Å². The third-order valence-corrected chi connectivity index (χ3v) is 2.66. The topological polar surface area (TPSA) is 71.7 Å². The smallest absolute Gasteiger partial charge is 0.206 e. The van der Waals surface area contributed by atoms with E-state index in [0.717, 1.165) is 6.54 Å². The van der Waals surface area contributed by atoms with Crippen molar-refractivity contribution < 1.29 is 4.74 Å². The first-order valence-electron chi connectivity index (χ1n) is 5.36. The minimum absolute atomic E-state index is 0.205. The molecular formula is C10H22N4O. The van der Waals surface area contributed by atoms with Crippen molar-refractivity contribution in [2.75, 3.05) is 20.3 Å². The SMILES string of the molecule is COCC(C)NC(=NCC1(C)CC1)NN. The number of ether oxygens (including phenoxy) is 1. The second kappa shape index (κ2) is 5.32. The fourth-order valence-corrected chi connectivity index (χ4v) is 1.30. The molecule has 0 bridgehead atoms. The molecule has 1 unspecified atom stereocenters. The summed E-state index contributed by atoms with van der Waals surface area (Å²) < 4.78 is 5.02. The third-order valence-electron chi connectivity index (χ3n) is 2.66. The van der Waals surface area contributed by atoms with E-state index in [2.05, 4.69) is 22.7 Å². The lowest BCUT2D eigenvalue weighted by molar-refractivity contribution is 0.179. The van der Waals surface area contributed by atoms with Crippen LogP contribution < -0.4 is 16.6 Å². The van der Waals surface area contributed by atoms with E-state index in [0.29, 0.717) is 18.0 Å². The molecule has 0 spiro atoms. The molecule has 0 amide bonds. The first-order chi connectivity index (χ1) is 7.09. The summed E-state index contributed by atoms with van der Waals surface area (Å²) in [7, 11) is 1.68. The Morgan fingerprint density at radius 1 is 1.60 bits per heavy atom. The van der Waals surface area contributed by atoms with Crippen LogP contribution in [0.1, 0.15) is 26.7 Å². The predicted octanol–water partition coefficient (Wildman–Crippen LogP) is 0.230. The monoisotopic (exact) mass is 214 g/mol. The average Bonchev–Trinajstić information content (AvgIpc) is 2.92. The average molecular weight is 214 g/mol. The van der Waals surface area contributed by atoms with E-state index >= 15 is 0 Å². The zero-order valence-corrected chi connectivity index (χ0v) is 9.84. The summed E-state index contributed by atoms with van der Waals surface area (Å²) in [6.45, 7) is 5.73. The van der Waals surface area contributed by atoms with Crippen molar-refractivity contribution in [3.05, 3.63) is 0 Å². The molecular weight excluding hydrogens is 192 g/mol. The highest BCUT2D eigenvalue weighted by Gasteiger charge is 2.36. The van der Waals surface area contributed by atoms with E-state index in [4.69, 9.17) is 10.6 Å². The Morgan fingerprint density at radius 3 is 2.73 bits per heavy atom. The molecule has 1 aliphatic rings. The van der Waals surface area contributed by atoms with Gasteiger partial charge in [-0.05, 0) is 25.2 Å². The van der Waals surface area contributed by atoms with Crippen molar-refractivity contribution >= 4 is 5.96 Å². The van der Waals surface area contributed by atoms with Crippen LogP contribution >= 0.6 is 0 Å². The van der Waals surface area contributed by atoms with Crippen molar-refractivity contribution in [1.82, 2.24) is 10.7 Å².